The van der Waals surface area contributed by atoms with Crippen molar-refractivity contribution in [3.05, 3.63) is 82.7 Å². The molecule has 2 aromatic carbocycles. The first-order valence-corrected chi connectivity index (χ1v) is 9.49. The number of likely N-dealkylation sites (N-methyl/N-ethyl adjacent to an activating group) is 1. The van der Waals surface area contributed by atoms with Crippen LogP contribution in [0.5, 0.6) is 5.75 Å². The van der Waals surface area contributed by atoms with Crippen LogP contribution in [0.1, 0.15) is 32.7 Å². The van der Waals surface area contributed by atoms with Gasteiger partial charge in [0.15, 0.2) is 0 Å². The van der Waals surface area contributed by atoms with Crippen molar-refractivity contribution in [2.45, 2.75) is 26.9 Å². The summed E-state index contributed by atoms with van der Waals surface area (Å²) in [5.41, 5.74) is 3.77. The molecule has 1 aromatic heterocycles. The van der Waals surface area contributed by atoms with Crippen molar-refractivity contribution in [3.63, 3.8) is 0 Å². The highest BCUT2D eigenvalue weighted by molar-refractivity contribution is 5.88. The molecule has 0 amide bonds. The Labute approximate surface area is 170 Å². The van der Waals surface area contributed by atoms with Gasteiger partial charge in [0.25, 0.3) is 0 Å². The number of carboxylic acid groups (broad SMARTS) is 1. The third kappa shape index (κ3) is 5.10. The fraction of sp³-hybridized carbons (Fsp3) is 0.261. The molecule has 0 fully saturated rings. The topological polar surface area (TPSA) is 75.5 Å². The maximum atomic E-state index is 11.6. The first kappa shape index (κ1) is 20.3. The highest BCUT2D eigenvalue weighted by Gasteiger charge is 2.16. The van der Waals surface area contributed by atoms with Crippen LogP contribution in [0.25, 0.3) is 0 Å². The molecule has 0 radical (unpaired) electrons. The smallest absolute Gasteiger partial charge is 0.339 e. The second-order valence-corrected chi connectivity index (χ2v) is 6.98. The predicted octanol–water partition coefficient (Wildman–Crippen LogP) is 4.05. The summed E-state index contributed by atoms with van der Waals surface area (Å²) in [6, 6.07) is 16.0. The maximum Gasteiger partial charge on any atom is 0.339 e. The molecule has 0 atom stereocenters. The molecule has 0 aliphatic rings. The average molecular weight is 391 g/mol. The van der Waals surface area contributed by atoms with E-state index in [9.17, 15) is 9.90 Å². The molecule has 0 aliphatic carbocycles. The van der Waals surface area contributed by atoms with E-state index in [1.54, 1.807) is 0 Å². The summed E-state index contributed by atoms with van der Waals surface area (Å²) in [4.78, 5) is 22.2. The van der Waals surface area contributed by atoms with E-state index in [1.165, 1.54) is 11.8 Å². The second-order valence-electron chi connectivity index (χ2n) is 6.98. The van der Waals surface area contributed by atoms with Gasteiger partial charge in [0.1, 0.15) is 17.9 Å². The average Bonchev–Trinajstić information content (AvgIpc) is 2.73. The van der Waals surface area contributed by atoms with Crippen molar-refractivity contribution in [3.8, 4) is 5.75 Å². The number of anilines is 1. The normalized spacial score (nSPS) is 10.6. The lowest BCUT2D eigenvalue weighted by atomic mass is 10.1. The van der Waals surface area contributed by atoms with Crippen LogP contribution in [-0.2, 0) is 13.0 Å². The summed E-state index contributed by atoms with van der Waals surface area (Å²) in [5.74, 6) is 0.132. The number of benzene rings is 2. The van der Waals surface area contributed by atoms with Crippen molar-refractivity contribution in [1.82, 2.24) is 9.97 Å². The van der Waals surface area contributed by atoms with E-state index in [-0.39, 0.29) is 12.2 Å². The van der Waals surface area contributed by atoms with Gasteiger partial charge < -0.3 is 14.7 Å². The number of aryl methyl sites for hydroxylation is 1. The van der Waals surface area contributed by atoms with E-state index in [0.717, 1.165) is 23.3 Å². The van der Waals surface area contributed by atoms with Crippen molar-refractivity contribution < 1.29 is 14.6 Å². The van der Waals surface area contributed by atoms with Gasteiger partial charge in [-0.25, -0.2) is 14.8 Å². The van der Waals surface area contributed by atoms with Crippen LogP contribution in [0, 0.1) is 13.8 Å². The van der Waals surface area contributed by atoms with Gasteiger partial charge in [0, 0.05) is 19.8 Å². The molecule has 0 unspecified atom stereocenters. The molecular weight excluding hydrogens is 366 g/mol. The van der Waals surface area contributed by atoms with Crippen LogP contribution in [0.2, 0.25) is 0 Å². The zero-order chi connectivity index (χ0) is 20.8. The summed E-state index contributed by atoms with van der Waals surface area (Å²) in [6.07, 6.45) is 2.20. The Morgan fingerprint density at radius 1 is 1.10 bits per heavy atom. The first-order valence-electron chi connectivity index (χ1n) is 9.49. The highest BCUT2D eigenvalue weighted by Crippen LogP contribution is 2.22. The minimum atomic E-state index is -1.07. The van der Waals surface area contributed by atoms with Gasteiger partial charge in [-0.05, 0) is 43.0 Å². The van der Waals surface area contributed by atoms with Gasteiger partial charge in [-0.3, -0.25) is 0 Å². The van der Waals surface area contributed by atoms with Gasteiger partial charge in [-0.1, -0.05) is 42.5 Å². The largest absolute Gasteiger partial charge is 0.487 e. The number of carboxylic acids is 1. The number of rotatable bonds is 8. The summed E-state index contributed by atoms with van der Waals surface area (Å²) < 4.78 is 5.89. The fourth-order valence-electron chi connectivity index (χ4n) is 2.95. The lowest BCUT2D eigenvalue weighted by Crippen LogP contribution is -2.24. The van der Waals surface area contributed by atoms with Crippen LogP contribution in [0.15, 0.2) is 54.7 Å². The third-order valence-corrected chi connectivity index (χ3v) is 4.92. The van der Waals surface area contributed by atoms with Crippen molar-refractivity contribution in [2.75, 3.05) is 18.5 Å². The minimum absolute atomic E-state index is 0.0514. The molecule has 1 N–H and O–H groups in total. The molecule has 0 spiro atoms. The van der Waals surface area contributed by atoms with Crippen molar-refractivity contribution >= 4 is 11.9 Å². The molecular formula is C23H25N3O3. The Hall–Kier alpha value is -3.41. The number of hydrogen-bond acceptors (Lipinski definition) is 5. The summed E-state index contributed by atoms with van der Waals surface area (Å²) in [7, 11) is 1.90. The first-order chi connectivity index (χ1) is 14.0. The highest BCUT2D eigenvalue weighted by atomic mass is 16.5. The molecule has 0 saturated heterocycles. The molecule has 6 heteroatoms. The Kier molecular flexibility index (Phi) is 6.44. The van der Waals surface area contributed by atoms with Crippen molar-refractivity contribution in [2.24, 2.45) is 0 Å². The number of carbonyl (C=O) groups is 1. The molecule has 0 aliphatic heterocycles. The van der Waals surface area contributed by atoms with Crippen LogP contribution < -0.4 is 9.64 Å². The Balaban J connectivity index is 1.76. The van der Waals surface area contributed by atoms with E-state index in [0.29, 0.717) is 18.2 Å². The quantitative estimate of drug-likeness (QED) is 0.624. The molecule has 150 valence electrons. The Morgan fingerprint density at radius 3 is 2.59 bits per heavy atom. The van der Waals surface area contributed by atoms with E-state index in [2.05, 4.69) is 22.1 Å². The van der Waals surface area contributed by atoms with Crippen LogP contribution in [0.3, 0.4) is 0 Å². The lowest BCUT2D eigenvalue weighted by Gasteiger charge is -2.18. The van der Waals surface area contributed by atoms with E-state index < -0.39 is 5.97 Å². The summed E-state index contributed by atoms with van der Waals surface area (Å²) in [6.45, 7) is 4.77. The van der Waals surface area contributed by atoms with E-state index in [1.807, 2.05) is 62.2 Å². The third-order valence-electron chi connectivity index (χ3n) is 4.92. The second kappa shape index (κ2) is 9.19. The Morgan fingerprint density at radius 2 is 1.86 bits per heavy atom. The molecule has 3 rings (SSSR count). The number of aromatic nitrogens is 2. The zero-order valence-corrected chi connectivity index (χ0v) is 16.9. The number of nitrogens with zero attached hydrogens (tertiary/aromatic N) is 3. The van der Waals surface area contributed by atoms with Gasteiger partial charge >= 0.3 is 5.97 Å². The van der Waals surface area contributed by atoms with Gasteiger partial charge in [-0.15, -0.1) is 0 Å². The molecule has 0 saturated carbocycles. The molecule has 0 bridgehead atoms. The van der Waals surface area contributed by atoms with Gasteiger partial charge in [0.2, 0.25) is 5.95 Å². The molecule has 29 heavy (non-hydrogen) atoms. The van der Waals surface area contributed by atoms with E-state index in [4.69, 9.17) is 4.74 Å². The van der Waals surface area contributed by atoms with Crippen LogP contribution >= 0.6 is 0 Å². The standard InChI is InChI=1S/C23H25N3O3/c1-16-8-7-11-21(17(16)2)29-15-20-19(22(27)28)14-24-23(25-20)26(3)13-12-18-9-5-4-6-10-18/h4-11,14H,12-13,15H2,1-3H3,(H,27,28). The number of aromatic carboxylic acids is 1. The maximum absolute atomic E-state index is 11.6. The van der Waals surface area contributed by atoms with Crippen LogP contribution in [0.4, 0.5) is 5.95 Å². The SMILES string of the molecule is Cc1cccc(OCc2nc(N(C)CCc3ccccc3)ncc2C(=O)O)c1C. The number of ether oxygens (including phenoxy) is 1. The number of hydrogen-bond donors (Lipinski definition) is 1. The predicted molar refractivity (Wildman–Crippen MR) is 113 cm³/mol. The molecule has 6 nitrogen and oxygen atoms in total. The van der Waals surface area contributed by atoms with Crippen LogP contribution in [-0.4, -0.2) is 34.6 Å². The van der Waals surface area contributed by atoms with Gasteiger partial charge in [-0.2, -0.15) is 0 Å². The van der Waals surface area contributed by atoms with E-state index >= 15 is 0 Å². The summed E-state index contributed by atoms with van der Waals surface area (Å²) in [5, 5.41) is 9.49. The monoisotopic (exact) mass is 391 g/mol. The lowest BCUT2D eigenvalue weighted by molar-refractivity contribution is 0.0692. The molecule has 1 heterocycles. The van der Waals surface area contributed by atoms with Crippen molar-refractivity contribution in [1.29, 1.82) is 0 Å². The minimum Gasteiger partial charge on any atom is -0.487 e. The fourth-order valence-corrected chi connectivity index (χ4v) is 2.95. The Bertz CT molecular complexity index is 990. The van der Waals surface area contributed by atoms with Gasteiger partial charge in [0.05, 0.1) is 5.69 Å². The zero-order valence-electron chi connectivity index (χ0n) is 16.9. The summed E-state index contributed by atoms with van der Waals surface area (Å²) >= 11 is 0. The molecule has 3 aromatic rings.